The van der Waals surface area contributed by atoms with Gasteiger partial charge in [-0.25, -0.2) is 0 Å². The Morgan fingerprint density at radius 1 is 0.923 bits per heavy atom. The van der Waals surface area contributed by atoms with Gasteiger partial charge in [-0.3, -0.25) is 25.2 Å². The van der Waals surface area contributed by atoms with Gasteiger partial charge in [-0.1, -0.05) is 49.4 Å². The molecule has 3 amide bonds. The number of hydrogen-bond acceptors (Lipinski definition) is 3. The Kier molecular flexibility index (Phi) is 6.91. The van der Waals surface area contributed by atoms with Gasteiger partial charge in [0.05, 0.1) is 12.5 Å². The number of amides is 3. The van der Waals surface area contributed by atoms with Gasteiger partial charge in [0.1, 0.15) is 0 Å². The molecule has 3 N–H and O–H groups in total. The van der Waals surface area contributed by atoms with Gasteiger partial charge in [-0.2, -0.15) is 0 Å². The van der Waals surface area contributed by atoms with Crippen LogP contribution in [-0.4, -0.2) is 17.7 Å². The van der Waals surface area contributed by atoms with Crippen LogP contribution in [0, 0.1) is 0 Å². The number of hydrogen-bond donors (Lipinski definition) is 3. The first kappa shape index (κ1) is 19.2. The first-order valence-corrected chi connectivity index (χ1v) is 8.49. The molecule has 0 unspecified atom stereocenters. The molecule has 1 atom stereocenters. The van der Waals surface area contributed by atoms with Gasteiger partial charge in [-0.15, -0.1) is 0 Å². The number of hydrazine groups is 1. The molecule has 0 aliphatic heterocycles. The van der Waals surface area contributed by atoms with E-state index in [1.807, 2.05) is 49.4 Å². The number of benzene rings is 2. The lowest BCUT2D eigenvalue weighted by Crippen LogP contribution is -2.43. The van der Waals surface area contributed by atoms with Crippen LogP contribution in [0.3, 0.4) is 0 Å². The number of carbonyl (C=O) groups is 3. The SMILES string of the molecule is CCc1ccc(C(=O)NNC(=O)C[C@@H](NC(C)=O)c2ccccc2)cc1. The number of aryl methyl sites for hydroxylation is 1. The largest absolute Gasteiger partial charge is 0.349 e. The van der Waals surface area contributed by atoms with Gasteiger partial charge in [0, 0.05) is 12.5 Å². The highest BCUT2D eigenvalue weighted by atomic mass is 16.2. The van der Waals surface area contributed by atoms with Crippen molar-refractivity contribution in [2.45, 2.75) is 32.7 Å². The Morgan fingerprint density at radius 2 is 1.58 bits per heavy atom. The molecule has 0 heterocycles. The second-order valence-electron chi connectivity index (χ2n) is 5.92. The molecular formula is C20H23N3O3. The zero-order chi connectivity index (χ0) is 18.9. The maximum atomic E-state index is 12.2. The fourth-order valence-corrected chi connectivity index (χ4v) is 2.51. The second kappa shape index (κ2) is 9.36. The van der Waals surface area contributed by atoms with E-state index < -0.39 is 17.9 Å². The van der Waals surface area contributed by atoms with Crippen LogP contribution < -0.4 is 16.2 Å². The van der Waals surface area contributed by atoms with Crippen LogP contribution in [-0.2, 0) is 16.0 Å². The van der Waals surface area contributed by atoms with E-state index in [2.05, 4.69) is 16.2 Å². The second-order valence-corrected chi connectivity index (χ2v) is 5.92. The molecule has 6 nitrogen and oxygen atoms in total. The Labute approximate surface area is 153 Å². The normalized spacial score (nSPS) is 11.3. The van der Waals surface area contributed by atoms with Crippen LogP contribution in [0.5, 0.6) is 0 Å². The fourth-order valence-electron chi connectivity index (χ4n) is 2.51. The third kappa shape index (κ3) is 5.73. The minimum Gasteiger partial charge on any atom is -0.349 e. The Hall–Kier alpha value is -3.15. The van der Waals surface area contributed by atoms with Crippen molar-refractivity contribution in [3.63, 3.8) is 0 Å². The van der Waals surface area contributed by atoms with Gasteiger partial charge < -0.3 is 5.32 Å². The summed E-state index contributed by atoms with van der Waals surface area (Å²) in [6.07, 6.45) is 0.904. The minimum absolute atomic E-state index is 0.0125. The summed E-state index contributed by atoms with van der Waals surface area (Å²) >= 11 is 0. The molecule has 2 aromatic carbocycles. The highest BCUT2D eigenvalue weighted by Gasteiger charge is 2.17. The molecule has 136 valence electrons. The van der Waals surface area contributed by atoms with Gasteiger partial charge >= 0.3 is 0 Å². The standard InChI is InChI=1S/C20H23N3O3/c1-3-15-9-11-17(12-10-15)20(26)23-22-19(25)13-18(21-14(2)24)16-7-5-4-6-8-16/h4-12,18H,3,13H2,1-2H3,(H,21,24)(H,22,25)(H,23,26)/t18-/m1/s1. The summed E-state index contributed by atoms with van der Waals surface area (Å²) in [5.74, 6) is -1.02. The monoisotopic (exact) mass is 353 g/mol. The van der Waals surface area contributed by atoms with E-state index in [0.717, 1.165) is 17.5 Å². The highest BCUT2D eigenvalue weighted by Crippen LogP contribution is 2.16. The van der Waals surface area contributed by atoms with Crippen molar-refractivity contribution in [3.05, 3.63) is 71.3 Å². The molecule has 0 saturated carbocycles. The zero-order valence-electron chi connectivity index (χ0n) is 14.9. The van der Waals surface area contributed by atoms with Gasteiger partial charge in [-0.05, 0) is 29.7 Å². The highest BCUT2D eigenvalue weighted by molar-refractivity contribution is 5.95. The third-order valence-corrected chi connectivity index (χ3v) is 3.91. The zero-order valence-corrected chi connectivity index (χ0v) is 14.9. The van der Waals surface area contributed by atoms with Crippen molar-refractivity contribution in [2.24, 2.45) is 0 Å². The van der Waals surface area contributed by atoms with Gasteiger partial charge in [0.2, 0.25) is 11.8 Å². The number of nitrogens with one attached hydrogen (secondary N) is 3. The predicted molar refractivity (Wildman–Crippen MR) is 99.0 cm³/mol. The number of rotatable bonds is 6. The van der Waals surface area contributed by atoms with E-state index in [1.165, 1.54) is 6.92 Å². The predicted octanol–water partition coefficient (Wildman–Crippen LogP) is 2.28. The quantitative estimate of drug-likeness (QED) is 0.696. The summed E-state index contributed by atoms with van der Waals surface area (Å²) in [5.41, 5.74) is 7.20. The molecule has 2 rings (SSSR count). The molecule has 0 bridgehead atoms. The molecule has 0 spiro atoms. The van der Waals surface area contributed by atoms with Crippen LogP contribution in [0.25, 0.3) is 0 Å². The van der Waals surface area contributed by atoms with Crippen molar-refractivity contribution in [1.82, 2.24) is 16.2 Å². The summed E-state index contributed by atoms with van der Waals surface area (Å²) in [6.45, 7) is 3.43. The van der Waals surface area contributed by atoms with Crippen LogP contribution in [0.1, 0.15) is 47.8 Å². The molecule has 0 aliphatic carbocycles. The summed E-state index contributed by atoms with van der Waals surface area (Å²) in [4.78, 5) is 35.7. The molecule has 0 aromatic heterocycles. The molecule has 0 aliphatic rings. The van der Waals surface area contributed by atoms with E-state index in [4.69, 9.17) is 0 Å². The first-order valence-electron chi connectivity index (χ1n) is 8.49. The lowest BCUT2D eigenvalue weighted by molar-refractivity contribution is -0.123. The molecule has 26 heavy (non-hydrogen) atoms. The van der Waals surface area contributed by atoms with E-state index >= 15 is 0 Å². The van der Waals surface area contributed by atoms with Crippen molar-refractivity contribution in [3.8, 4) is 0 Å². The van der Waals surface area contributed by atoms with Crippen molar-refractivity contribution >= 4 is 17.7 Å². The first-order chi connectivity index (χ1) is 12.5. The average Bonchev–Trinajstić information content (AvgIpc) is 2.66. The maximum absolute atomic E-state index is 12.2. The van der Waals surface area contributed by atoms with E-state index in [0.29, 0.717) is 5.56 Å². The molecule has 2 aromatic rings. The topological polar surface area (TPSA) is 87.3 Å². The van der Waals surface area contributed by atoms with Crippen molar-refractivity contribution in [2.75, 3.05) is 0 Å². The van der Waals surface area contributed by atoms with Crippen LogP contribution in [0.2, 0.25) is 0 Å². The van der Waals surface area contributed by atoms with Crippen LogP contribution >= 0.6 is 0 Å². The van der Waals surface area contributed by atoms with Crippen molar-refractivity contribution in [1.29, 1.82) is 0 Å². The van der Waals surface area contributed by atoms with Crippen LogP contribution in [0.15, 0.2) is 54.6 Å². The lowest BCUT2D eigenvalue weighted by atomic mass is 10.0. The lowest BCUT2D eigenvalue weighted by Gasteiger charge is -2.18. The third-order valence-electron chi connectivity index (χ3n) is 3.91. The van der Waals surface area contributed by atoms with E-state index in [1.54, 1.807) is 12.1 Å². The number of carbonyl (C=O) groups excluding carboxylic acids is 3. The minimum atomic E-state index is -0.463. The van der Waals surface area contributed by atoms with Gasteiger partial charge in [0.25, 0.3) is 5.91 Å². The summed E-state index contributed by atoms with van der Waals surface area (Å²) in [5, 5.41) is 2.75. The molecular weight excluding hydrogens is 330 g/mol. The average molecular weight is 353 g/mol. The molecule has 6 heteroatoms. The molecule has 0 saturated heterocycles. The molecule has 0 fully saturated rings. The Balaban J connectivity index is 1.92. The molecule has 0 radical (unpaired) electrons. The summed E-state index contributed by atoms with van der Waals surface area (Å²) in [6, 6.07) is 15.9. The van der Waals surface area contributed by atoms with Crippen LogP contribution in [0.4, 0.5) is 0 Å². The van der Waals surface area contributed by atoms with E-state index in [-0.39, 0.29) is 12.3 Å². The summed E-state index contributed by atoms with van der Waals surface area (Å²) in [7, 11) is 0. The maximum Gasteiger partial charge on any atom is 0.269 e. The van der Waals surface area contributed by atoms with Crippen molar-refractivity contribution < 1.29 is 14.4 Å². The summed E-state index contributed by atoms with van der Waals surface area (Å²) < 4.78 is 0. The van der Waals surface area contributed by atoms with Gasteiger partial charge in [0.15, 0.2) is 0 Å². The fraction of sp³-hybridized carbons (Fsp3) is 0.250. The smallest absolute Gasteiger partial charge is 0.269 e. The Morgan fingerprint density at radius 3 is 2.15 bits per heavy atom. The van der Waals surface area contributed by atoms with E-state index in [9.17, 15) is 14.4 Å². The Bertz CT molecular complexity index is 758.